The third-order valence-corrected chi connectivity index (χ3v) is 5.72. The minimum Gasteiger partial charge on any atom is -0.376 e. The highest BCUT2D eigenvalue weighted by Crippen LogP contribution is 2.29. The summed E-state index contributed by atoms with van der Waals surface area (Å²) in [6, 6.07) is 4.06. The molecule has 1 atom stereocenters. The van der Waals surface area contributed by atoms with Crippen LogP contribution in [0, 0.1) is 0 Å². The van der Waals surface area contributed by atoms with Crippen molar-refractivity contribution in [2.75, 3.05) is 29.9 Å². The zero-order valence-corrected chi connectivity index (χ0v) is 14.0. The molecule has 134 valence electrons. The predicted octanol–water partition coefficient (Wildman–Crippen LogP) is 2.15. The highest BCUT2D eigenvalue weighted by molar-refractivity contribution is 7.91. The van der Waals surface area contributed by atoms with Crippen LogP contribution in [0.4, 0.5) is 18.9 Å². The maximum Gasteiger partial charge on any atom is 0.416 e. The van der Waals surface area contributed by atoms with Gasteiger partial charge in [0.25, 0.3) is 0 Å². The van der Waals surface area contributed by atoms with Gasteiger partial charge in [-0.2, -0.15) is 13.2 Å². The standard InChI is InChI=1S/C15H19F3N2O3S/c1-2-20(13-7-8-24(22,23)10-13)14(21)9-19-12-5-3-11(4-6-12)15(16,17)18/h3-6,13,19H,2,7-10H2,1H3. The molecule has 0 bridgehead atoms. The first-order valence-corrected chi connectivity index (χ1v) is 9.35. The number of sulfone groups is 1. The molecule has 2 rings (SSSR count). The van der Waals surface area contributed by atoms with Gasteiger partial charge in [0.2, 0.25) is 5.91 Å². The Morgan fingerprint density at radius 1 is 1.29 bits per heavy atom. The highest BCUT2D eigenvalue weighted by Gasteiger charge is 2.33. The van der Waals surface area contributed by atoms with E-state index in [1.807, 2.05) is 0 Å². The molecule has 1 heterocycles. The van der Waals surface area contributed by atoms with E-state index in [0.29, 0.717) is 18.7 Å². The van der Waals surface area contributed by atoms with Gasteiger partial charge in [0.1, 0.15) is 0 Å². The fraction of sp³-hybridized carbons (Fsp3) is 0.533. The van der Waals surface area contributed by atoms with Crippen LogP contribution in [0.15, 0.2) is 24.3 Å². The Morgan fingerprint density at radius 3 is 2.38 bits per heavy atom. The van der Waals surface area contributed by atoms with Crippen molar-refractivity contribution in [1.82, 2.24) is 4.90 Å². The average Bonchev–Trinajstić information content (AvgIpc) is 2.85. The summed E-state index contributed by atoms with van der Waals surface area (Å²) >= 11 is 0. The van der Waals surface area contributed by atoms with E-state index in [4.69, 9.17) is 0 Å². The molecule has 1 unspecified atom stereocenters. The molecule has 1 aliphatic rings. The van der Waals surface area contributed by atoms with Crippen LogP contribution >= 0.6 is 0 Å². The second-order valence-electron chi connectivity index (χ2n) is 5.67. The summed E-state index contributed by atoms with van der Waals surface area (Å²) in [5.41, 5.74) is -0.364. The third-order valence-electron chi connectivity index (χ3n) is 3.97. The molecule has 1 aromatic carbocycles. The lowest BCUT2D eigenvalue weighted by atomic mass is 10.2. The van der Waals surface area contributed by atoms with E-state index < -0.39 is 21.6 Å². The lowest BCUT2D eigenvalue weighted by molar-refractivity contribution is -0.137. The monoisotopic (exact) mass is 364 g/mol. The fourth-order valence-corrected chi connectivity index (χ4v) is 4.45. The van der Waals surface area contributed by atoms with E-state index in [2.05, 4.69) is 5.32 Å². The smallest absolute Gasteiger partial charge is 0.376 e. The lowest BCUT2D eigenvalue weighted by Gasteiger charge is -2.27. The quantitative estimate of drug-likeness (QED) is 0.870. The average molecular weight is 364 g/mol. The van der Waals surface area contributed by atoms with Crippen LogP contribution in [0.3, 0.4) is 0 Å². The van der Waals surface area contributed by atoms with Gasteiger partial charge in [-0.1, -0.05) is 0 Å². The number of alkyl halides is 3. The Labute approximate surface area is 138 Å². The minimum absolute atomic E-state index is 0.0349. The van der Waals surface area contributed by atoms with Crippen molar-refractivity contribution in [3.8, 4) is 0 Å². The molecule has 0 spiro atoms. The molecular formula is C15H19F3N2O3S. The predicted molar refractivity (Wildman–Crippen MR) is 84.4 cm³/mol. The van der Waals surface area contributed by atoms with E-state index >= 15 is 0 Å². The van der Waals surface area contributed by atoms with Gasteiger partial charge in [-0.05, 0) is 37.6 Å². The fourth-order valence-electron chi connectivity index (χ4n) is 2.72. The van der Waals surface area contributed by atoms with E-state index in [1.54, 1.807) is 6.92 Å². The number of nitrogens with one attached hydrogen (secondary N) is 1. The molecule has 1 fully saturated rings. The van der Waals surface area contributed by atoms with Gasteiger partial charge in [-0.15, -0.1) is 0 Å². The van der Waals surface area contributed by atoms with E-state index in [9.17, 15) is 26.4 Å². The van der Waals surface area contributed by atoms with Crippen LogP contribution in [0.2, 0.25) is 0 Å². The van der Waals surface area contributed by atoms with Crippen molar-refractivity contribution in [1.29, 1.82) is 0 Å². The SMILES string of the molecule is CCN(C(=O)CNc1ccc(C(F)(F)F)cc1)C1CCS(=O)(=O)C1. The first-order valence-electron chi connectivity index (χ1n) is 7.53. The van der Waals surface area contributed by atoms with Crippen LogP contribution in [-0.2, 0) is 20.8 Å². The zero-order chi connectivity index (χ0) is 18.0. The van der Waals surface area contributed by atoms with Gasteiger partial charge in [0.15, 0.2) is 9.84 Å². The summed E-state index contributed by atoms with van der Waals surface area (Å²) in [4.78, 5) is 13.8. The number of anilines is 1. The normalized spacial score (nSPS) is 19.9. The minimum atomic E-state index is -4.40. The topological polar surface area (TPSA) is 66.5 Å². The van der Waals surface area contributed by atoms with Crippen molar-refractivity contribution < 1.29 is 26.4 Å². The first kappa shape index (κ1) is 18.6. The number of rotatable bonds is 5. The van der Waals surface area contributed by atoms with Crippen molar-refractivity contribution in [3.05, 3.63) is 29.8 Å². The summed E-state index contributed by atoms with van der Waals surface area (Å²) in [6.45, 7) is 2.05. The van der Waals surface area contributed by atoms with Crippen molar-refractivity contribution >= 4 is 21.4 Å². The number of hydrogen-bond acceptors (Lipinski definition) is 4. The van der Waals surface area contributed by atoms with E-state index in [1.165, 1.54) is 17.0 Å². The molecule has 0 aromatic heterocycles. The van der Waals surface area contributed by atoms with Gasteiger partial charge in [-0.3, -0.25) is 4.79 Å². The maximum absolute atomic E-state index is 12.5. The number of nitrogens with zero attached hydrogens (tertiary/aromatic N) is 1. The molecule has 1 aliphatic heterocycles. The van der Waals surface area contributed by atoms with Crippen LogP contribution in [0.25, 0.3) is 0 Å². The van der Waals surface area contributed by atoms with Gasteiger partial charge in [-0.25, -0.2) is 8.42 Å². The van der Waals surface area contributed by atoms with Crippen molar-refractivity contribution in [2.24, 2.45) is 0 Å². The second kappa shape index (κ2) is 7.00. The summed E-state index contributed by atoms with van der Waals surface area (Å²) < 4.78 is 60.5. The summed E-state index contributed by atoms with van der Waals surface area (Å²) in [6.07, 6.45) is -3.98. The Balaban J connectivity index is 1.94. The molecule has 0 aliphatic carbocycles. The summed E-state index contributed by atoms with van der Waals surface area (Å²) in [5.74, 6) is -0.236. The molecule has 1 amide bonds. The summed E-state index contributed by atoms with van der Waals surface area (Å²) in [5, 5.41) is 2.77. The Kier molecular flexibility index (Phi) is 5.42. The molecule has 24 heavy (non-hydrogen) atoms. The molecule has 1 saturated heterocycles. The number of likely N-dealkylation sites (N-methyl/N-ethyl adjacent to an activating group) is 1. The molecule has 0 saturated carbocycles. The maximum atomic E-state index is 12.5. The summed E-state index contributed by atoms with van der Waals surface area (Å²) in [7, 11) is -3.09. The van der Waals surface area contributed by atoms with E-state index in [0.717, 1.165) is 12.1 Å². The van der Waals surface area contributed by atoms with Gasteiger partial charge in [0, 0.05) is 18.3 Å². The molecule has 1 aromatic rings. The lowest BCUT2D eigenvalue weighted by Crippen LogP contribution is -2.43. The van der Waals surface area contributed by atoms with Crippen LogP contribution in [-0.4, -0.2) is 49.9 Å². The van der Waals surface area contributed by atoms with Crippen LogP contribution in [0.5, 0.6) is 0 Å². The van der Waals surface area contributed by atoms with Crippen LogP contribution < -0.4 is 5.32 Å². The molecule has 9 heteroatoms. The van der Waals surface area contributed by atoms with Crippen molar-refractivity contribution in [3.63, 3.8) is 0 Å². The van der Waals surface area contributed by atoms with Crippen molar-refractivity contribution in [2.45, 2.75) is 25.6 Å². The largest absolute Gasteiger partial charge is 0.416 e. The molecule has 5 nitrogen and oxygen atoms in total. The number of hydrogen-bond donors (Lipinski definition) is 1. The Morgan fingerprint density at radius 2 is 1.92 bits per heavy atom. The first-order chi connectivity index (χ1) is 11.1. The molecular weight excluding hydrogens is 345 g/mol. The number of benzene rings is 1. The van der Waals surface area contributed by atoms with E-state index in [-0.39, 0.29) is 30.0 Å². The molecule has 0 radical (unpaired) electrons. The third kappa shape index (κ3) is 4.62. The van der Waals surface area contributed by atoms with Gasteiger partial charge < -0.3 is 10.2 Å². The van der Waals surface area contributed by atoms with Crippen LogP contribution in [0.1, 0.15) is 18.9 Å². The Hall–Kier alpha value is -1.77. The Bertz CT molecular complexity index is 687. The second-order valence-corrected chi connectivity index (χ2v) is 7.89. The van der Waals surface area contributed by atoms with Gasteiger partial charge >= 0.3 is 6.18 Å². The number of carbonyl (C=O) groups excluding carboxylic acids is 1. The highest BCUT2D eigenvalue weighted by atomic mass is 32.2. The molecule has 1 N–H and O–H groups in total. The zero-order valence-electron chi connectivity index (χ0n) is 13.1. The number of amides is 1. The number of halogens is 3. The van der Waals surface area contributed by atoms with Gasteiger partial charge in [0.05, 0.1) is 23.6 Å². The number of carbonyl (C=O) groups is 1.